The van der Waals surface area contributed by atoms with E-state index >= 15 is 0 Å². The number of aromatic hydroxyl groups is 1. The zero-order valence-electron chi connectivity index (χ0n) is 8.92. The van der Waals surface area contributed by atoms with E-state index in [1.54, 1.807) is 16.8 Å². The van der Waals surface area contributed by atoms with E-state index in [1.807, 2.05) is 31.4 Å². The van der Waals surface area contributed by atoms with Gasteiger partial charge in [0.1, 0.15) is 11.6 Å². The molecule has 86 valence electrons. The third kappa shape index (κ3) is 2.90. The highest BCUT2D eigenvalue weighted by atomic mass is 35.5. The van der Waals surface area contributed by atoms with Gasteiger partial charge in [0.05, 0.1) is 0 Å². The predicted octanol–water partition coefficient (Wildman–Crippen LogP) is 2.16. The Morgan fingerprint density at radius 3 is 2.69 bits per heavy atom. The first kappa shape index (κ1) is 12.4. The molecule has 0 atom stereocenters. The van der Waals surface area contributed by atoms with E-state index in [2.05, 4.69) is 10.4 Å². The average molecular weight is 240 g/mol. The van der Waals surface area contributed by atoms with Crippen molar-refractivity contribution in [1.82, 2.24) is 9.78 Å². The van der Waals surface area contributed by atoms with E-state index in [0.29, 0.717) is 12.3 Å². The number of aromatic nitrogens is 2. The SMILES string of the molecule is Cl.Cn1ccc(NCc2ccccc2O)n1. The number of nitrogens with zero attached hydrogens (tertiary/aromatic N) is 2. The van der Waals surface area contributed by atoms with Crippen LogP contribution in [0.2, 0.25) is 0 Å². The van der Waals surface area contributed by atoms with E-state index in [-0.39, 0.29) is 12.4 Å². The van der Waals surface area contributed by atoms with Gasteiger partial charge in [-0.1, -0.05) is 18.2 Å². The number of aryl methyl sites for hydroxylation is 1. The minimum absolute atomic E-state index is 0. The fourth-order valence-electron chi connectivity index (χ4n) is 1.36. The summed E-state index contributed by atoms with van der Waals surface area (Å²) in [5.74, 6) is 1.11. The Hall–Kier alpha value is -1.68. The second-order valence-corrected chi connectivity index (χ2v) is 3.36. The largest absolute Gasteiger partial charge is 0.508 e. The first-order valence-electron chi connectivity index (χ1n) is 4.76. The van der Waals surface area contributed by atoms with Gasteiger partial charge in [0.25, 0.3) is 0 Å². The molecule has 1 aromatic carbocycles. The summed E-state index contributed by atoms with van der Waals surface area (Å²) in [5, 5.41) is 16.8. The van der Waals surface area contributed by atoms with Gasteiger partial charge >= 0.3 is 0 Å². The summed E-state index contributed by atoms with van der Waals surface area (Å²) < 4.78 is 1.73. The van der Waals surface area contributed by atoms with Gasteiger partial charge < -0.3 is 10.4 Å². The monoisotopic (exact) mass is 239 g/mol. The highest BCUT2D eigenvalue weighted by Gasteiger charge is 2.00. The normalized spacial score (nSPS) is 9.56. The third-order valence-electron chi connectivity index (χ3n) is 2.17. The molecular formula is C11H14ClN3O. The molecule has 2 aromatic rings. The molecule has 2 rings (SSSR count). The quantitative estimate of drug-likeness (QED) is 0.863. The molecule has 0 unspecified atom stereocenters. The van der Waals surface area contributed by atoms with Gasteiger partial charge in [-0.3, -0.25) is 4.68 Å². The molecule has 2 N–H and O–H groups in total. The van der Waals surface area contributed by atoms with Crippen molar-refractivity contribution in [3.05, 3.63) is 42.1 Å². The summed E-state index contributed by atoms with van der Waals surface area (Å²) in [7, 11) is 1.87. The Labute approximate surface area is 100 Å². The summed E-state index contributed by atoms with van der Waals surface area (Å²) in [4.78, 5) is 0. The van der Waals surface area contributed by atoms with Crippen LogP contribution in [0, 0.1) is 0 Å². The molecule has 0 saturated carbocycles. The standard InChI is InChI=1S/C11H13N3O.ClH/c1-14-7-6-11(13-14)12-8-9-4-2-3-5-10(9)15;/h2-7,15H,8H2,1H3,(H,12,13);1H. The number of hydrogen-bond donors (Lipinski definition) is 2. The molecule has 0 aliphatic rings. The number of rotatable bonds is 3. The van der Waals surface area contributed by atoms with Crippen LogP contribution in [0.25, 0.3) is 0 Å². The number of benzene rings is 1. The lowest BCUT2D eigenvalue weighted by atomic mass is 10.2. The van der Waals surface area contributed by atoms with Crippen molar-refractivity contribution in [1.29, 1.82) is 0 Å². The van der Waals surface area contributed by atoms with E-state index in [9.17, 15) is 5.11 Å². The number of halogens is 1. The van der Waals surface area contributed by atoms with Crippen LogP contribution in [0.1, 0.15) is 5.56 Å². The molecule has 4 nitrogen and oxygen atoms in total. The van der Waals surface area contributed by atoms with Gasteiger partial charge in [-0.2, -0.15) is 5.10 Å². The third-order valence-corrected chi connectivity index (χ3v) is 2.17. The first-order chi connectivity index (χ1) is 7.25. The number of anilines is 1. The molecule has 5 heteroatoms. The van der Waals surface area contributed by atoms with Gasteiger partial charge in [0.2, 0.25) is 0 Å². The van der Waals surface area contributed by atoms with Crippen molar-refractivity contribution in [2.24, 2.45) is 7.05 Å². The van der Waals surface area contributed by atoms with Crippen molar-refractivity contribution >= 4 is 18.2 Å². The van der Waals surface area contributed by atoms with Crippen molar-refractivity contribution in [3.8, 4) is 5.75 Å². The summed E-state index contributed by atoms with van der Waals surface area (Å²) in [6, 6.07) is 9.15. The van der Waals surface area contributed by atoms with Gasteiger partial charge in [-0.25, -0.2) is 0 Å². The Kier molecular flexibility index (Phi) is 4.19. The molecule has 0 aliphatic heterocycles. The smallest absolute Gasteiger partial charge is 0.148 e. The molecule has 0 fully saturated rings. The predicted molar refractivity (Wildman–Crippen MR) is 65.9 cm³/mol. The van der Waals surface area contributed by atoms with Crippen LogP contribution in [-0.2, 0) is 13.6 Å². The Morgan fingerprint density at radius 2 is 2.06 bits per heavy atom. The van der Waals surface area contributed by atoms with Crippen LogP contribution in [-0.4, -0.2) is 14.9 Å². The highest BCUT2D eigenvalue weighted by Crippen LogP contribution is 2.16. The minimum atomic E-state index is 0. The van der Waals surface area contributed by atoms with Crippen molar-refractivity contribution in [3.63, 3.8) is 0 Å². The lowest BCUT2D eigenvalue weighted by Gasteiger charge is -2.04. The molecule has 0 bridgehead atoms. The fraction of sp³-hybridized carbons (Fsp3) is 0.182. The molecule has 16 heavy (non-hydrogen) atoms. The number of hydrogen-bond acceptors (Lipinski definition) is 3. The molecule has 0 radical (unpaired) electrons. The number of phenolic OH excluding ortho intramolecular Hbond substituents is 1. The molecule has 1 heterocycles. The van der Waals surface area contributed by atoms with Crippen molar-refractivity contribution in [2.45, 2.75) is 6.54 Å². The summed E-state index contributed by atoms with van der Waals surface area (Å²) >= 11 is 0. The lowest BCUT2D eigenvalue weighted by Crippen LogP contribution is -2.00. The maximum Gasteiger partial charge on any atom is 0.148 e. The van der Waals surface area contributed by atoms with E-state index in [0.717, 1.165) is 11.4 Å². The number of phenols is 1. The molecule has 0 amide bonds. The maximum atomic E-state index is 9.53. The van der Waals surface area contributed by atoms with Gasteiger partial charge in [0, 0.05) is 31.4 Å². The number of para-hydroxylation sites is 1. The number of nitrogens with one attached hydrogen (secondary N) is 1. The Balaban J connectivity index is 0.00000128. The lowest BCUT2D eigenvalue weighted by molar-refractivity contribution is 0.469. The van der Waals surface area contributed by atoms with Crippen LogP contribution in [0.4, 0.5) is 5.82 Å². The van der Waals surface area contributed by atoms with Crippen LogP contribution in [0.3, 0.4) is 0 Å². The van der Waals surface area contributed by atoms with Gasteiger partial charge in [-0.15, -0.1) is 12.4 Å². The van der Waals surface area contributed by atoms with Gasteiger partial charge in [0.15, 0.2) is 0 Å². The van der Waals surface area contributed by atoms with Crippen LogP contribution >= 0.6 is 12.4 Å². The summed E-state index contributed by atoms with van der Waals surface area (Å²) in [6.07, 6.45) is 1.87. The second kappa shape index (κ2) is 5.42. The fourth-order valence-corrected chi connectivity index (χ4v) is 1.36. The Bertz CT molecular complexity index is 456. The minimum Gasteiger partial charge on any atom is -0.508 e. The zero-order valence-corrected chi connectivity index (χ0v) is 9.74. The van der Waals surface area contributed by atoms with Crippen molar-refractivity contribution < 1.29 is 5.11 Å². The zero-order chi connectivity index (χ0) is 10.7. The molecular weight excluding hydrogens is 226 g/mol. The highest BCUT2D eigenvalue weighted by molar-refractivity contribution is 5.85. The van der Waals surface area contributed by atoms with Crippen molar-refractivity contribution in [2.75, 3.05) is 5.32 Å². The summed E-state index contributed by atoms with van der Waals surface area (Å²) in [6.45, 7) is 0.573. The van der Waals surface area contributed by atoms with E-state index in [4.69, 9.17) is 0 Å². The van der Waals surface area contributed by atoms with Gasteiger partial charge in [-0.05, 0) is 6.07 Å². The maximum absolute atomic E-state index is 9.53. The molecule has 0 aliphatic carbocycles. The second-order valence-electron chi connectivity index (χ2n) is 3.36. The van der Waals surface area contributed by atoms with E-state index < -0.39 is 0 Å². The topological polar surface area (TPSA) is 50.1 Å². The van der Waals surface area contributed by atoms with Crippen LogP contribution in [0.15, 0.2) is 36.5 Å². The molecule has 0 saturated heterocycles. The Morgan fingerprint density at radius 1 is 1.31 bits per heavy atom. The molecule has 0 spiro atoms. The van der Waals surface area contributed by atoms with Crippen LogP contribution in [0.5, 0.6) is 5.75 Å². The average Bonchev–Trinajstić information content (AvgIpc) is 2.63. The van der Waals surface area contributed by atoms with Crippen LogP contribution < -0.4 is 5.32 Å². The molecule has 1 aromatic heterocycles. The van der Waals surface area contributed by atoms with E-state index in [1.165, 1.54) is 0 Å². The first-order valence-corrected chi connectivity index (χ1v) is 4.76. The summed E-state index contributed by atoms with van der Waals surface area (Å²) in [5.41, 5.74) is 0.864.